The summed E-state index contributed by atoms with van der Waals surface area (Å²) >= 11 is 0. The number of hydrogen-bond donors (Lipinski definition) is 0. The second kappa shape index (κ2) is 4.31. The van der Waals surface area contributed by atoms with Crippen LogP contribution in [-0.2, 0) is 0 Å². The molecule has 0 N–H and O–H groups in total. The van der Waals surface area contributed by atoms with E-state index >= 15 is 0 Å². The van der Waals surface area contributed by atoms with Gasteiger partial charge in [-0.05, 0) is 51.8 Å². The summed E-state index contributed by atoms with van der Waals surface area (Å²) in [5, 5.41) is 0. The van der Waals surface area contributed by atoms with Crippen LogP contribution in [0.15, 0.2) is 18.3 Å². The maximum Gasteiger partial charge on any atom is 0.0372 e. The number of hydrogen-bond acceptors (Lipinski definition) is 2. The van der Waals surface area contributed by atoms with Crippen LogP contribution in [0.25, 0.3) is 0 Å². The lowest BCUT2D eigenvalue weighted by molar-refractivity contribution is 0.205. The Bertz CT molecular complexity index is 316. The lowest BCUT2D eigenvalue weighted by Crippen LogP contribution is -2.30. The van der Waals surface area contributed by atoms with Crippen LogP contribution in [0, 0.1) is 6.92 Å². The SMILES string of the molecule is Cc1ccc(C2CCCN2C(C)C)cn1. The van der Waals surface area contributed by atoms with E-state index in [1.807, 2.05) is 13.1 Å². The molecule has 82 valence electrons. The van der Waals surface area contributed by atoms with Crippen molar-refractivity contribution in [2.24, 2.45) is 0 Å². The zero-order chi connectivity index (χ0) is 10.8. The van der Waals surface area contributed by atoms with Crippen molar-refractivity contribution in [2.75, 3.05) is 6.54 Å². The molecule has 1 aliphatic rings. The van der Waals surface area contributed by atoms with Crippen LogP contribution < -0.4 is 0 Å². The van der Waals surface area contributed by atoms with Crippen LogP contribution in [0.1, 0.15) is 44.0 Å². The number of aryl methyl sites for hydroxylation is 1. The molecule has 1 unspecified atom stereocenters. The van der Waals surface area contributed by atoms with Gasteiger partial charge in [0.15, 0.2) is 0 Å². The summed E-state index contributed by atoms with van der Waals surface area (Å²) in [5.41, 5.74) is 2.49. The standard InChI is InChI=1S/C13H20N2/c1-10(2)15-8-4-5-13(15)12-7-6-11(3)14-9-12/h6-7,9-10,13H,4-5,8H2,1-3H3. The Kier molecular flexibility index (Phi) is 3.06. The van der Waals surface area contributed by atoms with E-state index in [-0.39, 0.29) is 0 Å². The van der Waals surface area contributed by atoms with E-state index in [0.29, 0.717) is 12.1 Å². The van der Waals surface area contributed by atoms with Gasteiger partial charge in [-0.3, -0.25) is 9.88 Å². The van der Waals surface area contributed by atoms with Crippen molar-refractivity contribution in [3.8, 4) is 0 Å². The Hall–Kier alpha value is -0.890. The minimum atomic E-state index is 0.595. The Morgan fingerprint density at radius 3 is 2.80 bits per heavy atom. The van der Waals surface area contributed by atoms with Crippen molar-refractivity contribution in [3.63, 3.8) is 0 Å². The van der Waals surface area contributed by atoms with E-state index in [1.54, 1.807) is 0 Å². The first kappa shape index (κ1) is 10.6. The molecule has 1 atom stereocenters. The summed E-state index contributed by atoms with van der Waals surface area (Å²) in [6.07, 6.45) is 4.64. The maximum absolute atomic E-state index is 4.39. The number of likely N-dealkylation sites (tertiary alicyclic amines) is 1. The molecule has 0 amide bonds. The predicted molar refractivity (Wildman–Crippen MR) is 62.8 cm³/mol. The molecule has 1 aliphatic heterocycles. The molecular formula is C13H20N2. The lowest BCUT2D eigenvalue weighted by Gasteiger charge is -2.28. The van der Waals surface area contributed by atoms with E-state index in [0.717, 1.165) is 5.69 Å². The van der Waals surface area contributed by atoms with Gasteiger partial charge < -0.3 is 0 Å². The molecule has 1 aromatic heterocycles. The van der Waals surface area contributed by atoms with Crippen molar-refractivity contribution in [2.45, 2.75) is 45.7 Å². The van der Waals surface area contributed by atoms with E-state index in [9.17, 15) is 0 Å². The number of rotatable bonds is 2. The van der Waals surface area contributed by atoms with E-state index < -0.39 is 0 Å². The van der Waals surface area contributed by atoms with Crippen molar-refractivity contribution < 1.29 is 0 Å². The summed E-state index contributed by atoms with van der Waals surface area (Å²) in [6, 6.07) is 5.58. The highest BCUT2D eigenvalue weighted by Gasteiger charge is 2.27. The molecule has 1 saturated heterocycles. The third-order valence-corrected chi connectivity index (χ3v) is 3.28. The van der Waals surface area contributed by atoms with Gasteiger partial charge in [0.05, 0.1) is 0 Å². The number of pyridine rings is 1. The minimum absolute atomic E-state index is 0.595. The van der Waals surface area contributed by atoms with Crippen molar-refractivity contribution in [1.82, 2.24) is 9.88 Å². The summed E-state index contributed by atoms with van der Waals surface area (Å²) in [5.74, 6) is 0. The Morgan fingerprint density at radius 1 is 1.40 bits per heavy atom. The Morgan fingerprint density at radius 2 is 2.20 bits per heavy atom. The smallest absolute Gasteiger partial charge is 0.0372 e. The van der Waals surface area contributed by atoms with Crippen molar-refractivity contribution >= 4 is 0 Å². The molecule has 0 radical (unpaired) electrons. The van der Waals surface area contributed by atoms with Crippen molar-refractivity contribution in [3.05, 3.63) is 29.6 Å². The Balaban J connectivity index is 2.19. The molecule has 0 aliphatic carbocycles. The van der Waals surface area contributed by atoms with Gasteiger partial charge in [-0.25, -0.2) is 0 Å². The molecule has 2 heterocycles. The summed E-state index contributed by atoms with van der Waals surface area (Å²) in [7, 11) is 0. The van der Waals surface area contributed by atoms with Crippen LogP contribution in [-0.4, -0.2) is 22.5 Å². The third kappa shape index (κ3) is 2.20. The molecule has 0 saturated carbocycles. The second-order valence-electron chi connectivity index (χ2n) is 4.72. The molecular weight excluding hydrogens is 184 g/mol. The normalized spacial score (nSPS) is 22.5. The molecule has 1 aromatic rings. The molecule has 1 fully saturated rings. The first-order chi connectivity index (χ1) is 7.18. The van der Waals surface area contributed by atoms with Gasteiger partial charge in [-0.1, -0.05) is 6.07 Å². The molecule has 15 heavy (non-hydrogen) atoms. The monoisotopic (exact) mass is 204 g/mol. The van der Waals surface area contributed by atoms with E-state index in [4.69, 9.17) is 0 Å². The third-order valence-electron chi connectivity index (χ3n) is 3.28. The Labute approximate surface area is 92.3 Å². The van der Waals surface area contributed by atoms with Crippen LogP contribution in [0.4, 0.5) is 0 Å². The molecule has 0 spiro atoms. The second-order valence-corrected chi connectivity index (χ2v) is 4.72. The molecule has 2 rings (SSSR count). The highest BCUT2D eigenvalue weighted by molar-refractivity contribution is 5.18. The molecule has 2 nitrogen and oxygen atoms in total. The largest absolute Gasteiger partial charge is 0.294 e. The summed E-state index contributed by atoms with van der Waals surface area (Å²) in [4.78, 5) is 6.97. The highest BCUT2D eigenvalue weighted by atomic mass is 15.2. The van der Waals surface area contributed by atoms with E-state index in [1.165, 1.54) is 24.9 Å². The minimum Gasteiger partial charge on any atom is -0.294 e. The average Bonchev–Trinajstić information content (AvgIpc) is 2.67. The van der Waals surface area contributed by atoms with Crippen LogP contribution in [0.3, 0.4) is 0 Å². The zero-order valence-electron chi connectivity index (χ0n) is 9.90. The summed E-state index contributed by atoms with van der Waals surface area (Å²) in [6.45, 7) is 7.83. The molecule has 0 bridgehead atoms. The topological polar surface area (TPSA) is 16.1 Å². The van der Waals surface area contributed by atoms with Crippen LogP contribution >= 0.6 is 0 Å². The van der Waals surface area contributed by atoms with Gasteiger partial charge in [-0.15, -0.1) is 0 Å². The van der Waals surface area contributed by atoms with Gasteiger partial charge in [0.25, 0.3) is 0 Å². The molecule has 0 aromatic carbocycles. The quantitative estimate of drug-likeness (QED) is 0.736. The highest BCUT2D eigenvalue weighted by Crippen LogP contribution is 2.32. The first-order valence-electron chi connectivity index (χ1n) is 5.87. The molecule has 2 heteroatoms. The van der Waals surface area contributed by atoms with Gasteiger partial charge in [0.2, 0.25) is 0 Å². The van der Waals surface area contributed by atoms with Gasteiger partial charge >= 0.3 is 0 Å². The first-order valence-corrected chi connectivity index (χ1v) is 5.87. The number of aromatic nitrogens is 1. The summed E-state index contributed by atoms with van der Waals surface area (Å²) < 4.78 is 0. The van der Waals surface area contributed by atoms with Crippen LogP contribution in [0.5, 0.6) is 0 Å². The fourth-order valence-electron chi connectivity index (χ4n) is 2.44. The fourth-order valence-corrected chi connectivity index (χ4v) is 2.44. The lowest BCUT2D eigenvalue weighted by atomic mass is 10.1. The van der Waals surface area contributed by atoms with Crippen molar-refractivity contribution in [1.29, 1.82) is 0 Å². The van der Waals surface area contributed by atoms with E-state index in [2.05, 4.69) is 35.9 Å². The average molecular weight is 204 g/mol. The van der Waals surface area contributed by atoms with Gasteiger partial charge in [0, 0.05) is 24.0 Å². The maximum atomic E-state index is 4.39. The van der Waals surface area contributed by atoms with Gasteiger partial charge in [-0.2, -0.15) is 0 Å². The van der Waals surface area contributed by atoms with Crippen LogP contribution in [0.2, 0.25) is 0 Å². The number of nitrogens with zero attached hydrogens (tertiary/aromatic N) is 2. The predicted octanol–water partition coefficient (Wildman–Crippen LogP) is 2.94. The fraction of sp³-hybridized carbons (Fsp3) is 0.615. The van der Waals surface area contributed by atoms with Gasteiger partial charge in [0.1, 0.15) is 0 Å². The zero-order valence-corrected chi connectivity index (χ0v) is 9.90.